The second-order valence-corrected chi connectivity index (χ2v) is 7.90. The number of halogens is 1. The monoisotopic (exact) mass is 388 g/mol. The fraction of sp³-hybridized carbons (Fsp3) is 0.240. The molecule has 0 bridgehead atoms. The first-order chi connectivity index (χ1) is 13.9. The minimum atomic E-state index is -0.399. The Labute approximate surface area is 171 Å². The van der Waals surface area contributed by atoms with Gasteiger partial charge in [0.25, 0.3) is 5.91 Å². The highest BCUT2D eigenvalue weighted by Gasteiger charge is 2.34. The van der Waals surface area contributed by atoms with Gasteiger partial charge in [-0.3, -0.25) is 4.79 Å². The van der Waals surface area contributed by atoms with Crippen molar-refractivity contribution in [1.29, 1.82) is 0 Å². The number of hydrogen-bond acceptors (Lipinski definition) is 2. The van der Waals surface area contributed by atoms with Gasteiger partial charge in [-0.25, -0.2) is 4.39 Å². The van der Waals surface area contributed by atoms with Crippen molar-refractivity contribution in [1.82, 2.24) is 0 Å². The van der Waals surface area contributed by atoms with Crippen LogP contribution in [-0.4, -0.2) is 11.9 Å². The summed E-state index contributed by atoms with van der Waals surface area (Å²) in [6, 6.07) is 20.5. The molecule has 148 valence electrons. The van der Waals surface area contributed by atoms with E-state index in [0.717, 1.165) is 28.9 Å². The highest BCUT2D eigenvalue weighted by molar-refractivity contribution is 6.07. The molecule has 1 N–H and O–H groups in total. The first-order valence-corrected chi connectivity index (χ1v) is 9.95. The van der Waals surface area contributed by atoms with Crippen molar-refractivity contribution in [3.63, 3.8) is 0 Å². The minimum Gasteiger partial charge on any atom is -0.378 e. The SMILES string of the molecule is Cc1ccc(N[C@@H]2C[C@@H](C)N(C(=O)c3cccc(F)c3)c3cc(C)ccc32)cc1. The van der Waals surface area contributed by atoms with Gasteiger partial charge in [0.1, 0.15) is 5.82 Å². The Morgan fingerprint density at radius 2 is 1.72 bits per heavy atom. The van der Waals surface area contributed by atoms with Crippen molar-refractivity contribution in [3.05, 3.63) is 94.8 Å². The number of carbonyl (C=O) groups is 1. The van der Waals surface area contributed by atoms with Crippen molar-refractivity contribution in [2.75, 3.05) is 10.2 Å². The van der Waals surface area contributed by atoms with Gasteiger partial charge in [0.2, 0.25) is 0 Å². The van der Waals surface area contributed by atoms with Crippen LogP contribution in [0.15, 0.2) is 66.7 Å². The number of hydrogen-bond donors (Lipinski definition) is 1. The zero-order chi connectivity index (χ0) is 20.5. The van der Waals surface area contributed by atoms with Crippen LogP contribution in [0.2, 0.25) is 0 Å². The molecule has 0 fully saturated rings. The van der Waals surface area contributed by atoms with Crippen LogP contribution in [0.4, 0.5) is 15.8 Å². The van der Waals surface area contributed by atoms with E-state index < -0.39 is 5.82 Å². The molecule has 1 amide bonds. The number of benzene rings is 3. The largest absolute Gasteiger partial charge is 0.378 e. The number of carbonyl (C=O) groups excluding carboxylic acids is 1. The van der Waals surface area contributed by atoms with Crippen molar-refractivity contribution in [2.24, 2.45) is 0 Å². The van der Waals surface area contributed by atoms with Gasteiger partial charge in [-0.15, -0.1) is 0 Å². The lowest BCUT2D eigenvalue weighted by molar-refractivity contribution is 0.0973. The first-order valence-electron chi connectivity index (χ1n) is 9.95. The van der Waals surface area contributed by atoms with Crippen LogP contribution in [-0.2, 0) is 0 Å². The third-order valence-electron chi connectivity index (χ3n) is 5.52. The smallest absolute Gasteiger partial charge is 0.258 e. The van der Waals surface area contributed by atoms with Crippen LogP contribution in [0.25, 0.3) is 0 Å². The predicted octanol–water partition coefficient (Wildman–Crippen LogP) is 6.03. The highest BCUT2D eigenvalue weighted by Crippen LogP contribution is 2.40. The Bertz CT molecular complexity index is 1040. The van der Waals surface area contributed by atoms with Gasteiger partial charge < -0.3 is 10.2 Å². The molecule has 0 unspecified atom stereocenters. The maximum atomic E-state index is 13.7. The van der Waals surface area contributed by atoms with Crippen LogP contribution in [0.5, 0.6) is 0 Å². The lowest BCUT2D eigenvalue weighted by atomic mass is 9.90. The maximum Gasteiger partial charge on any atom is 0.258 e. The van der Waals surface area contributed by atoms with Gasteiger partial charge in [-0.2, -0.15) is 0 Å². The molecule has 0 aromatic heterocycles. The number of aryl methyl sites for hydroxylation is 2. The number of nitrogens with zero attached hydrogens (tertiary/aromatic N) is 1. The van der Waals surface area contributed by atoms with E-state index in [0.29, 0.717) is 5.56 Å². The van der Waals surface area contributed by atoms with Crippen molar-refractivity contribution >= 4 is 17.3 Å². The van der Waals surface area contributed by atoms with Gasteiger partial charge in [0.15, 0.2) is 0 Å². The Kier molecular flexibility index (Phi) is 5.10. The zero-order valence-electron chi connectivity index (χ0n) is 16.9. The number of rotatable bonds is 3. The summed E-state index contributed by atoms with van der Waals surface area (Å²) in [7, 11) is 0. The fourth-order valence-electron chi connectivity index (χ4n) is 4.03. The van der Waals surface area contributed by atoms with Gasteiger partial charge in [-0.05, 0) is 74.7 Å². The van der Waals surface area contributed by atoms with Gasteiger partial charge >= 0.3 is 0 Å². The molecule has 3 nitrogen and oxygen atoms in total. The second kappa shape index (κ2) is 7.70. The average molecular weight is 388 g/mol. The number of fused-ring (bicyclic) bond motifs is 1. The van der Waals surface area contributed by atoms with Gasteiger partial charge in [0.05, 0.1) is 6.04 Å². The lowest BCUT2D eigenvalue weighted by Gasteiger charge is -2.40. The zero-order valence-corrected chi connectivity index (χ0v) is 16.9. The van der Waals surface area contributed by atoms with Crippen molar-refractivity contribution in [3.8, 4) is 0 Å². The van der Waals surface area contributed by atoms with Crippen LogP contribution < -0.4 is 10.2 Å². The highest BCUT2D eigenvalue weighted by atomic mass is 19.1. The summed E-state index contributed by atoms with van der Waals surface area (Å²) >= 11 is 0. The number of nitrogens with one attached hydrogen (secondary N) is 1. The third-order valence-corrected chi connectivity index (χ3v) is 5.52. The Morgan fingerprint density at radius 1 is 1.00 bits per heavy atom. The lowest BCUT2D eigenvalue weighted by Crippen LogP contribution is -2.44. The molecule has 3 aromatic carbocycles. The molecule has 0 saturated heterocycles. The Morgan fingerprint density at radius 3 is 2.45 bits per heavy atom. The molecule has 1 heterocycles. The summed E-state index contributed by atoms with van der Waals surface area (Å²) < 4.78 is 13.7. The minimum absolute atomic E-state index is 0.0250. The third kappa shape index (κ3) is 3.88. The standard InChI is InChI=1S/C25H25FN2O/c1-16-7-10-21(11-8-16)27-23-14-18(3)28(24-13-17(2)9-12-22(23)24)25(29)19-5-4-6-20(26)15-19/h4-13,15,18,23,27H,14H2,1-3H3/t18-,23-/m1/s1. The molecule has 2 atom stereocenters. The molecular weight excluding hydrogens is 363 g/mol. The summed E-state index contributed by atoms with van der Waals surface area (Å²) in [5.41, 5.74) is 5.71. The van der Waals surface area contributed by atoms with Gasteiger partial charge in [0, 0.05) is 23.0 Å². The van der Waals surface area contributed by atoms with Crippen LogP contribution in [0, 0.1) is 19.7 Å². The van der Waals surface area contributed by atoms with Crippen molar-refractivity contribution < 1.29 is 9.18 Å². The number of amides is 1. The van der Waals surface area contributed by atoms with E-state index in [1.807, 2.05) is 24.8 Å². The van der Waals surface area contributed by atoms with Crippen LogP contribution in [0.3, 0.4) is 0 Å². The molecule has 1 aliphatic heterocycles. The molecule has 4 rings (SSSR count). The summed E-state index contributed by atoms with van der Waals surface area (Å²) in [5.74, 6) is -0.568. The van der Waals surface area contributed by atoms with E-state index >= 15 is 0 Å². The topological polar surface area (TPSA) is 32.3 Å². The van der Waals surface area contributed by atoms with Crippen LogP contribution in [0.1, 0.15) is 46.4 Å². The normalized spacial score (nSPS) is 18.3. The van der Waals surface area contributed by atoms with Crippen molar-refractivity contribution in [2.45, 2.75) is 39.3 Å². The summed E-state index contributed by atoms with van der Waals surface area (Å²) in [6.45, 7) is 6.14. The average Bonchev–Trinajstić information content (AvgIpc) is 2.69. The number of anilines is 2. The van der Waals surface area contributed by atoms with Gasteiger partial charge in [-0.1, -0.05) is 35.9 Å². The maximum absolute atomic E-state index is 13.7. The molecule has 0 aliphatic carbocycles. The van der Waals surface area contributed by atoms with E-state index in [2.05, 4.69) is 48.6 Å². The Hall–Kier alpha value is -3.14. The van der Waals surface area contributed by atoms with E-state index in [1.165, 1.54) is 17.7 Å². The van der Waals surface area contributed by atoms with Crippen LogP contribution >= 0.6 is 0 Å². The molecular formula is C25H25FN2O. The summed E-state index contributed by atoms with van der Waals surface area (Å²) in [4.78, 5) is 15.1. The molecule has 29 heavy (non-hydrogen) atoms. The molecule has 3 aromatic rings. The Balaban J connectivity index is 1.72. The molecule has 0 spiro atoms. The molecule has 0 radical (unpaired) electrons. The van der Waals surface area contributed by atoms with E-state index in [1.54, 1.807) is 12.1 Å². The predicted molar refractivity (Wildman–Crippen MR) is 116 cm³/mol. The molecule has 0 saturated carbocycles. The molecule has 1 aliphatic rings. The quantitative estimate of drug-likeness (QED) is 0.594. The first kappa shape index (κ1) is 19.2. The van der Waals surface area contributed by atoms with E-state index in [9.17, 15) is 9.18 Å². The summed E-state index contributed by atoms with van der Waals surface area (Å²) in [5, 5.41) is 3.62. The molecule has 4 heteroatoms. The van der Waals surface area contributed by atoms with E-state index in [4.69, 9.17) is 0 Å². The fourth-order valence-corrected chi connectivity index (χ4v) is 4.03. The van der Waals surface area contributed by atoms with E-state index in [-0.39, 0.29) is 18.0 Å². The summed E-state index contributed by atoms with van der Waals surface area (Å²) in [6.07, 6.45) is 0.769. The second-order valence-electron chi connectivity index (χ2n) is 7.90.